The molecule has 0 aromatic heterocycles. The Morgan fingerprint density at radius 2 is 1.88 bits per heavy atom. The fourth-order valence-electron chi connectivity index (χ4n) is 4.20. The highest BCUT2D eigenvalue weighted by molar-refractivity contribution is 6.31. The molecule has 0 spiro atoms. The minimum atomic E-state index is -0.174. The van der Waals surface area contributed by atoms with Gasteiger partial charge in [0, 0.05) is 40.4 Å². The summed E-state index contributed by atoms with van der Waals surface area (Å²) in [5, 5.41) is 3.41. The minimum absolute atomic E-state index is 0.00561. The Bertz CT molecular complexity index is 1180. The van der Waals surface area contributed by atoms with Gasteiger partial charge in [-0.3, -0.25) is 14.4 Å². The molecule has 0 radical (unpaired) electrons. The molecule has 5 nitrogen and oxygen atoms in total. The molecule has 164 valence electrons. The van der Waals surface area contributed by atoms with E-state index in [2.05, 4.69) is 5.32 Å². The Morgan fingerprint density at radius 3 is 2.62 bits per heavy atom. The minimum Gasteiger partial charge on any atom is -0.322 e. The number of carbonyl (C=O) groups excluding carboxylic acids is 3. The first-order valence-corrected chi connectivity index (χ1v) is 11.2. The fraction of sp³-hybridized carbons (Fsp3) is 0.269. The number of halogens is 1. The van der Waals surface area contributed by atoms with Crippen molar-refractivity contribution in [3.8, 4) is 0 Å². The zero-order valence-corrected chi connectivity index (χ0v) is 19.0. The predicted molar refractivity (Wildman–Crippen MR) is 128 cm³/mol. The average Bonchev–Trinajstić information content (AvgIpc) is 2.92. The van der Waals surface area contributed by atoms with Crippen LogP contribution < -0.4 is 10.2 Å². The van der Waals surface area contributed by atoms with Gasteiger partial charge in [-0.15, -0.1) is 0 Å². The van der Waals surface area contributed by atoms with E-state index in [1.807, 2.05) is 26.0 Å². The SMILES string of the molecule is CC1=C(C(=O)Nc2ccc(C(=O)N3CCCC(=O)c4cc(Cl)ccc43)c(C)c2)C=CCC1. The molecule has 4 rings (SSSR count). The maximum absolute atomic E-state index is 13.4. The number of Topliss-reactive ketones (excluding diaryl/α,β-unsaturated/α-hetero) is 1. The van der Waals surface area contributed by atoms with Crippen LogP contribution in [-0.4, -0.2) is 24.1 Å². The van der Waals surface area contributed by atoms with Gasteiger partial charge in [-0.25, -0.2) is 0 Å². The Labute approximate surface area is 192 Å². The monoisotopic (exact) mass is 448 g/mol. The van der Waals surface area contributed by atoms with Gasteiger partial charge in [-0.05, 0) is 75.1 Å². The maximum atomic E-state index is 13.4. The van der Waals surface area contributed by atoms with Crippen LogP contribution in [0.3, 0.4) is 0 Å². The number of rotatable bonds is 3. The van der Waals surface area contributed by atoms with Gasteiger partial charge in [0.25, 0.3) is 11.8 Å². The quantitative estimate of drug-likeness (QED) is 0.637. The number of hydrogen-bond acceptors (Lipinski definition) is 3. The molecule has 2 aromatic carbocycles. The highest BCUT2D eigenvalue weighted by Gasteiger charge is 2.27. The molecule has 6 heteroatoms. The zero-order valence-electron chi connectivity index (χ0n) is 18.2. The van der Waals surface area contributed by atoms with Crippen LogP contribution in [0.4, 0.5) is 11.4 Å². The van der Waals surface area contributed by atoms with Gasteiger partial charge < -0.3 is 10.2 Å². The summed E-state index contributed by atoms with van der Waals surface area (Å²) in [6.45, 7) is 4.28. The second kappa shape index (κ2) is 9.13. The molecule has 2 amide bonds. The molecule has 0 saturated heterocycles. The lowest BCUT2D eigenvalue weighted by Gasteiger charge is -2.24. The lowest BCUT2D eigenvalue weighted by molar-refractivity contribution is -0.112. The number of carbonyl (C=O) groups is 3. The summed E-state index contributed by atoms with van der Waals surface area (Å²) >= 11 is 6.09. The van der Waals surface area contributed by atoms with Gasteiger partial charge in [0.05, 0.1) is 5.69 Å². The Balaban J connectivity index is 1.59. The van der Waals surface area contributed by atoms with Crippen molar-refractivity contribution in [2.45, 2.75) is 39.5 Å². The highest BCUT2D eigenvalue weighted by Crippen LogP contribution is 2.31. The summed E-state index contributed by atoms with van der Waals surface area (Å²) in [5.41, 5.74) is 4.76. The van der Waals surface area contributed by atoms with E-state index in [1.165, 1.54) is 0 Å². The van der Waals surface area contributed by atoms with E-state index in [-0.39, 0.29) is 17.6 Å². The molecule has 1 N–H and O–H groups in total. The lowest BCUT2D eigenvalue weighted by atomic mass is 9.98. The second-order valence-electron chi connectivity index (χ2n) is 8.26. The smallest absolute Gasteiger partial charge is 0.258 e. The first-order chi connectivity index (χ1) is 15.3. The van der Waals surface area contributed by atoms with Crippen molar-refractivity contribution >= 4 is 40.6 Å². The molecule has 0 saturated carbocycles. The molecule has 1 aliphatic carbocycles. The molecule has 0 fully saturated rings. The normalized spacial score (nSPS) is 16.0. The standard InChI is InChI=1S/C26H25ClN2O3/c1-16-6-3-4-7-20(16)25(31)28-19-10-11-21(17(2)14-19)26(32)29-13-5-8-24(30)22-15-18(27)9-12-23(22)29/h4,7,9-12,14-15H,3,5-6,8,13H2,1-2H3,(H,28,31). The van der Waals surface area contributed by atoms with Gasteiger partial charge >= 0.3 is 0 Å². The van der Waals surface area contributed by atoms with E-state index in [0.29, 0.717) is 52.5 Å². The zero-order chi connectivity index (χ0) is 22.8. The summed E-state index contributed by atoms with van der Waals surface area (Å²) < 4.78 is 0. The molecule has 0 unspecified atom stereocenters. The molecule has 1 heterocycles. The van der Waals surface area contributed by atoms with E-state index >= 15 is 0 Å². The summed E-state index contributed by atoms with van der Waals surface area (Å²) in [4.78, 5) is 40.2. The average molecular weight is 449 g/mol. The fourth-order valence-corrected chi connectivity index (χ4v) is 4.38. The molecule has 2 aromatic rings. The number of allylic oxidation sites excluding steroid dienone is 2. The number of hydrogen-bond donors (Lipinski definition) is 1. The second-order valence-corrected chi connectivity index (χ2v) is 8.70. The van der Waals surface area contributed by atoms with E-state index in [0.717, 1.165) is 24.0 Å². The van der Waals surface area contributed by atoms with Gasteiger partial charge in [0.15, 0.2) is 5.78 Å². The Hall–Kier alpha value is -3.18. The molecule has 0 atom stereocenters. The Morgan fingerprint density at radius 1 is 1.06 bits per heavy atom. The largest absolute Gasteiger partial charge is 0.322 e. The van der Waals surface area contributed by atoms with Crippen LogP contribution in [0.5, 0.6) is 0 Å². The van der Waals surface area contributed by atoms with E-state index < -0.39 is 0 Å². The van der Waals surface area contributed by atoms with E-state index in [1.54, 1.807) is 41.3 Å². The van der Waals surface area contributed by atoms with Crippen LogP contribution in [0.15, 0.2) is 59.7 Å². The number of aryl methyl sites for hydroxylation is 1. The number of ketones is 1. The molecule has 0 bridgehead atoms. The molecule has 32 heavy (non-hydrogen) atoms. The van der Waals surface area contributed by atoms with Crippen molar-refractivity contribution in [3.05, 3.63) is 81.4 Å². The van der Waals surface area contributed by atoms with Crippen molar-refractivity contribution in [2.24, 2.45) is 0 Å². The molecule has 2 aliphatic rings. The van der Waals surface area contributed by atoms with Crippen LogP contribution in [0.25, 0.3) is 0 Å². The summed E-state index contributed by atoms with van der Waals surface area (Å²) in [6.07, 6.45) is 6.68. The molecule has 1 aliphatic heterocycles. The summed E-state index contributed by atoms with van der Waals surface area (Å²) in [5.74, 6) is -0.324. The maximum Gasteiger partial charge on any atom is 0.258 e. The summed E-state index contributed by atoms with van der Waals surface area (Å²) in [6, 6.07) is 10.3. The van der Waals surface area contributed by atoms with E-state index in [4.69, 9.17) is 11.6 Å². The van der Waals surface area contributed by atoms with Crippen molar-refractivity contribution in [2.75, 3.05) is 16.8 Å². The number of anilines is 2. The molecular weight excluding hydrogens is 424 g/mol. The first kappa shape index (κ1) is 22.0. The number of nitrogens with one attached hydrogen (secondary N) is 1. The van der Waals surface area contributed by atoms with Crippen molar-refractivity contribution in [1.29, 1.82) is 0 Å². The van der Waals surface area contributed by atoms with Gasteiger partial charge in [-0.1, -0.05) is 29.3 Å². The van der Waals surface area contributed by atoms with Crippen molar-refractivity contribution in [3.63, 3.8) is 0 Å². The Kier molecular flexibility index (Phi) is 6.28. The van der Waals surface area contributed by atoms with Gasteiger partial charge in [0.2, 0.25) is 0 Å². The topological polar surface area (TPSA) is 66.5 Å². The van der Waals surface area contributed by atoms with Crippen LogP contribution >= 0.6 is 11.6 Å². The van der Waals surface area contributed by atoms with Crippen LogP contribution in [0.2, 0.25) is 5.02 Å². The van der Waals surface area contributed by atoms with Crippen LogP contribution in [0.1, 0.15) is 58.9 Å². The number of nitrogens with zero attached hydrogens (tertiary/aromatic N) is 1. The highest BCUT2D eigenvalue weighted by atomic mass is 35.5. The van der Waals surface area contributed by atoms with E-state index in [9.17, 15) is 14.4 Å². The van der Waals surface area contributed by atoms with Crippen molar-refractivity contribution < 1.29 is 14.4 Å². The third-order valence-corrected chi connectivity index (χ3v) is 6.21. The van der Waals surface area contributed by atoms with Gasteiger partial charge in [-0.2, -0.15) is 0 Å². The van der Waals surface area contributed by atoms with Crippen molar-refractivity contribution in [1.82, 2.24) is 0 Å². The van der Waals surface area contributed by atoms with Crippen LogP contribution in [0, 0.1) is 6.92 Å². The summed E-state index contributed by atoms with van der Waals surface area (Å²) in [7, 11) is 0. The van der Waals surface area contributed by atoms with Crippen LogP contribution in [-0.2, 0) is 4.79 Å². The number of benzene rings is 2. The first-order valence-electron chi connectivity index (χ1n) is 10.8. The number of amides is 2. The third-order valence-electron chi connectivity index (χ3n) is 5.97. The third kappa shape index (κ3) is 4.39. The van der Waals surface area contributed by atoms with Gasteiger partial charge in [0.1, 0.15) is 0 Å². The predicted octanol–water partition coefficient (Wildman–Crippen LogP) is 5.88. The molecular formula is C26H25ClN2O3. The number of fused-ring (bicyclic) bond motifs is 1. The lowest BCUT2D eigenvalue weighted by Crippen LogP contribution is -2.32.